The van der Waals surface area contributed by atoms with Crippen molar-refractivity contribution in [2.24, 2.45) is 0 Å². The molecule has 0 aliphatic heterocycles. The van der Waals surface area contributed by atoms with E-state index in [0.29, 0.717) is 16.8 Å². The fourth-order valence-electron chi connectivity index (χ4n) is 4.10. The second kappa shape index (κ2) is 11.4. The smallest absolute Gasteiger partial charge is 0.252 e. The first-order chi connectivity index (χ1) is 17.6. The lowest BCUT2D eigenvalue weighted by molar-refractivity contribution is 0.0943. The molecule has 0 saturated heterocycles. The average Bonchev–Trinajstić information content (AvgIpc) is 2.88. The van der Waals surface area contributed by atoms with Crippen molar-refractivity contribution in [1.29, 1.82) is 0 Å². The number of hydrogen-bond donors (Lipinski definition) is 1. The number of hydrogen-bond acceptors (Lipinski definition) is 3. The summed E-state index contributed by atoms with van der Waals surface area (Å²) in [6, 6.07) is 29.1. The normalized spacial score (nSPS) is 12.1. The van der Waals surface area contributed by atoms with Gasteiger partial charge in [0.1, 0.15) is 0 Å². The molecule has 0 aliphatic rings. The molecule has 0 heterocycles. The van der Waals surface area contributed by atoms with E-state index in [-0.39, 0.29) is 28.5 Å². The second-order valence-electron chi connectivity index (χ2n) is 8.71. The van der Waals surface area contributed by atoms with Crippen LogP contribution < -0.4 is 9.62 Å². The summed E-state index contributed by atoms with van der Waals surface area (Å²) in [7, 11) is -3.65. The Bertz CT molecular complexity index is 1510. The molecule has 1 N–H and O–H groups in total. The first-order valence-corrected chi connectivity index (χ1v) is 14.2. The number of carbonyl (C=O) groups is 1. The molecule has 0 radical (unpaired) electrons. The average molecular weight is 554 g/mol. The van der Waals surface area contributed by atoms with E-state index >= 15 is 0 Å². The summed E-state index contributed by atoms with van der Waals surface area (Å²) in [5, 5.41) is 3.58. The monoisotopic (exact) mass is 552 g/mol. The number of nitrogens with zero attached hydrogens (tertiary/aromatic N) is 1. The van der Waals surface area contributed by atoms with Gasteiger partial charge < -0.3 is 5.32 Å². The maximum absolute atomic E-state index is 13.3. The summed E-state index contributed by atoms with van der Waals surface area (Å²) in [5.74, 6) is -0.235. The zero-order valence-electron chi connectivity index (χ0n) is 20.4. The summed E-state index contributed by atoms with van der Waals surface area (Å²) < 4.78 is 26.3. The minimum Gasteiger partial charge on any atom is -0.341 e. The largest absolute Gasteiger partial charge is 0.341 e. The third-order valence-corrected chi connectivity index (χ3v) is 7.99. The Kier molecular flexibility index (Phi) is 8.22. The Morgan fingerprint density at radius 2 is 1.51 bits per heavy atom. The van der Waals surface area contributed by atoms with Crippen LogP contribution in [0.25, 0.3) is 0 Å². The van der Waals surface area contributed by atoms with Crippen LogP contribution in [0.2, 0.25) is 10.0 Å². The Morgan fingerprint density at radius 3 is 2.16 bits per heavy atom. The van der Waals surface area contributed by atoms with Crippen molar-refractivity contribution >= 4 is 44.8 Å². The Morgan fingerprint density at radius 1 is 0.865 bits per heavy atom. The van der Waals surface area contributed by atoms with E-state index in [1.165, 1.54) is 4.31 Å². The van der Waals surface area contributed by atoms with Crippen LogP contribution in [-0.2, 0) is 16.6 Å². The highest BCUT2D eigenvalue weighted by Crippen LogP contribution is 2.34. The lowest BCUT2D eigenvalue weighted by Gasteiger charge is -2.24. The number of halogens is 2. The Balaban J connectivity index is 1.58. The van der Waals surface area contributed by atoms with Gasteiger partial charge in [-0.3, -0.25) is 9.10 Å². The quantitative estimate of drug-likeness (QED) is 0.261. The number of nitrogens with one attached hydrogen (secondary N) is 1. The number of aryl methyl sites for hydroxylation is 1. The molecule has 0 fully saturated rings. The second-order valence-corrected chi connectivity index (χ2v) is 11.4. The first-order valence-electron chi connectivity index (χ1n) is 11.6. The van der Waals surface area contributed by atoms with Gasteiger partial charge in [0.15, 0.2) is 0 Å². The van der Waals surface area contributed by atoms with Crippen LogP contribution in [-0.4, -0.2) is 20.6 Å². The van der Waals surface area contributed by atoms with Crippen molar-refractivity contribution in [2.75, 3.05) is 10.6 Å². The van der Waals surface area contributed by atoms with Crippen molar-refractivity contribution in [3.8, 4) is 0 Å². The SMILES string of the molecule is Cc1ccccc1[C@@H](NC(=O)c1ccc(CN(c2cccc(Cl)c2Cl)S(C)(=O)=O)cc1)c1ccccc1. The summed E-state index contributed by atoms with van der Waals surface area (Å²) >= 11 is 12.4. The van der Waals surface area contributed by atoms with E-state index in [1.807, 2.05) is 61.5 Å². The summed E-state index contributed by atoms with van der Waals surface area (Å²) in [5.41, 5.74) is 4.52. The number of sulfonamides is 1. The highest BCUT2D eigenvalue weighted by atomic mass is 35.5. The zero-order chi connectivity index (χ0) is 26.6. The molecule has 1 amide bonds. The molecule has 4 rings (SSSR count). The van der Waals surface area contributed by atoms with E-state index < -0.39 is 10.0 Å². The Labute approximate surface area is 227 Å². The molecule has 5 nitrogen and oxygen atoms in total. The molecule has 0 aliphatic carbocycles. The molecule has 1 atom stereocenters. The van der Waals surface area contributed by atoms with Crippen LogP contribution in [0.15, 0.2) is 97.1 Å². The molecule has 0 spiro atoms. The molecule has 8 heteroatoms. The van der Waals surface area contributed by atoms with Crippen LogP contribution in [0.5, 0.6) is 0 Å². The van der Waals surface area contributed by atoms with Gasteiger partial charge >= 0.3 is 0 Å². The molecular formula is C29H26Cl2N2O3S. The third kappa shape index (κ3) is 6.34. The van der Waals surface area contributed by atoms with Gasteiger partial charge in [-0.1, -0.05) is 96.0 Å². The highest BCUT2D eigenvalue weighted by molar-refractivity contribution is 7.92. The topological polar surface area (TPSA) is 66.5 Å². The van der Waals surface area contributed by atoms with E-state index in [0.717, 1.165) is 22.9 Å². The summed E-state index contributed by atoms with van der Waals surface area (Å²) in [4.78, 5) is 13.3. The lowest BCUT2D eigenvalue weighted by atomic mass is 9.94. The summed E-state index contributed by atoms with van der Waals surface area (Å²) in [6.45, 7) is 2.06. The predicted octanol–water partition coefficient (Wildman–Crippen LogP) is 6.79. The van der Waals surface area contributed by atoms with Crippen LogP contribution in [0, 0.1) is 6.92 Å². The molecular weight excluding hydrogens is 527 g/mol. The van der Waals surface area contributed by atoms with Gasteiger partial charge in [0.25, 0.3) is 5.91 Å². The van der Waals surface area contributed by atoms with Gasteiger partial charge in [-0.25, -0.2) is 8.42 Å². The summed E-state index contributed by atoms with van der Waals surface area (Å²) in [6.07, 6.45) is 1.11. The zero-order valence-corrected chi connectivity index (χ0v) is 22.7. The number of rotatable bonds is 8. The molecule has 190 valence electrons. The van der Waals surface area contributed by atoms with Crippen molar-refractivity contribution in [3.05, 3.63) is 135 Å². The van der Waals surface area contributed by atoms with E-state index in [4.69, 9.17) is 23.2 Å². The van der Waals surface area contributed by atoms with Gasteiger partial charge in [-0.2, -0.15) is 0 Å². The van der Waals surface area contributed by atoms with Crippen molar-refractivity contribution < 1.29 is 13.2 Å². The van der Waals surface area contributed by atoms with E-state index in [2.05, 4.69) is 5.32 Å². The van der Waals surface area contributed by atoms with E-state index in [1.54, 1.807) is 42.5 Å². The maximum atomic E-state index is 13.3. The lowest BCUT2D eigenvalue weighted by Crippen LogP contribution is -2.30. The standard InChI is InChI=1S/C29H26Cl2N2O3S/c1-20-9-6-7-12-24(20)28(22-10-4-3-5-11-22)32-29(34)23-17-15-21(16-18-23)19-33(37(2,35)36)26-14-8-13-25(30)27(26)31/h3-18,28H,19H2,1-2H3,(H,32,34)/t28-/m0/s1. The highest BCUT2D eigenvalue weighted by Gasteiger charge is 2.22. The van der Waals surface area contributed by atoms with Crippen LogP contribution in [0.4, 0.5) is 5.69 Å². The van der Waals surface area contributed by atoms with Gasteiger partial charge in [-0.05, 0) is 53.4 Å². The number of anilines is 1. The molecule has 0 bridgehead atoms. The van der Waals surface area contributed by atoms with Crippen molar-refractivity contribution in [2.45, 2.75) is 19.5 Å². The number of benzene rings is 4. The first kappa shape index (κ1) is 26.7. The Hall–Kier alpha value is -3.32. The molecule has 0 aromatic heterocycles. The molecule has 37 heavy (non-hydrogen) atoms. The van der Waals surface area contributed by atoms with Gasteiger partial charge in [-0.15, -0.1) is 0 Å². The molecule has 0 unspecified atom stereocenters. The maximum Gasteiger partial charge on any atom is 0.252 e. The third-order valence-electron chi connectivity index (χ3n) is 6.05. The van der Waals surface area contributed by atoms with E-state index in [9.17, 15) is 13.2 Å². The van der Waals surface area contributed by atoms with Crippen molar-refractivity contribution in [3.63, 3.8) is 0 Å². The molecule has 0 saturated carbocycles. The van der Waals surface area contributed by atoms with Gasteiger partial charge in [0.05, 0.1) is 34.6 Å². The number of amides is 1. The molecule has 4 aromatic rings. The number of carbonyl (C=O) groups excluding carboxylic acids is 1. The van der Waals surface area contributed by atoms with Crippen LogP contribution >= 0.6 is 23.2 Å². The van der Waals surface area contributed by atoms with Crippen molar-refractivity contribution in [1.82, 2.24) is 5.32 Å². The molecule has 4 aromatic carbocycles. The predicted molar refractivity (Wildman–Crippen MR) is 151 cm³/mol. The fraction of sp³-hybridized carbons (Fsp3) is 0.138. The minimum atomic E-state index is -3.65. The van der Waals surface area contributed by atoms with Crippen LogP contribution in [0.1, 0.15) is 38.7 Å². The van der Waals surface area contributed by atoms with Gasteiger partial charge in [0, 0.05) is 5.56 Å². The van der Waals surface area contributed by atoms with Gasteiger partial charge in [0.2, 0.25) is 10.0 Å². The van der Waals surface area contributed by atoms with Crippen LogP contribution in [0.3, 0.4) is 0 Å². The fourth-order valence-corrected chi connectivity index (χ4v) is 5.45. The minimum absolute atomic E-state index is 0.0383.